The van der Waals surface area contributed by atoms with Gasteiger partial charge >= 0.3 is 0 Å². The van der Waals surface area contributed by atoms with Crippen molar-refractivity contribution in [3.8, 4) is 0 Å². The van der Waals surface area contributed by atoms with Gasteiger partial charge in [0, 0.05) is 32.0 Å². The second-order valence-corrected chi connectivity index (χ2v) is 5.28. The van der Waals surface area contributed by atoms with E-state index in [1.54, 1.807) is 24.5 Å². The van der Waals surface area contributed by atoms with Crippen molar-refractivity contribution in [2.75, 3.05) is 18.0 Å². The lowest BCUT2D eigenvalue weighted by Crippen LogP contribution is -2.24. The number of carbonyl (C=O) groups excluding carboxylic acids is 1. The van der Waals surface area contributed by atoms with Gasteiger partial charge in [-0.2, -0.15) is 0 Å². The molecule has 0 saturated carbocycles. The van der Waals surface area contributed by atoms with Gasteiger partial charge in [-0.1, -0.05) is 12.1 Å². The van der Waals surface area contributed by atoms with Gasteiger partial charge in [0.1, 0.15) is 5.82 Å². The first-order valence-corrected chi connectivity index (χ1v) is 7.32. The SMILES string of the molecule is O=C(NCc1ccc(F)cc1)c1cnc(N2CCCC2)nc1. The minimum Gasteiger partial charge on any atom is -0.348 e. The van der Waals surface area contributed by atoms with E-state index in [1.807, 2.05) is 0 Å². The molecule has 1 N–H and O–H groups in total. The zero-order valence-corrected chi connectivity index (χ0v) is 12.1. The summed E-state index contributed by atoms with van der Waals surface area (Å²) in [6.45, 7) is 2.28. The van der Waals surface area contributed by atoms with Crippen molar-refractivity contribution >= 4 is 11.9 Å². The number of hydrogen-bond donors (Lipinski definition) is 1. The predicted molar refractivity (Wildman–Crippen MR) is 81.0 cm³/mol. The minimum absolute atomic E-state index is 0.239. The molecule has 1 aliphatic rings. The Morgan fingerprint density at radius 2 is 1.77 bits per heavy atom. The van der Waals surface area contributed by atoms with Crippen molar-refractivity contribution in [1.29, 1.82) is 0 Å². The van der Waals surface area contributed by atoms with Gasteiger partial charge in [0.2, 0.25) is 5.95 Å². The lowest BCUT2D eigenvalue weighted by atomic mass is 10.2. The van der Waals surface area contributed by atoms with Crippen molar-refractivity contribution in [3.05, 3.63) is 53.6 Å². The maximum Gasteiger partial charge on any atom is 0.254 e. The van der Waals surface area contributed by atoms with Crippen LogP contribution in [-0.4, -0.2) is 29.0 Å². The molecule has 0 bridgehead atoms. The zero-order valence-electron chi connectivity index (χ0n) is 12.1. The zero-order chi connectivity index (χ0) is 15.4. The number of amides is 1. The summed E-state index contributed by atoms with van der Waals surface area (Å²) in [7, 11) is 0. The third-order valence-corrected chi connectivity index (χ3v) is 3.66. The number of rotatable bonds is 4. The van der Waals surface area contributed by atoms with Gasteiger partial charge in [-0.05, 0) is 30.5 Å². The number of halogens is 1. The molecule has 22 heavy (non-hydrogen) atoms. The fourth-order valence-corrected chi connectivity index (χ4v) is 2.41. The molecule has 1 saturated heterocycles. The Morgan fingerprint density at radius 3 is 2.41 bits per heavy atom. The third kappa shape index (κ3) is 3.39. The second kappa shape index (κ2) is 6.51. The normalized spacial score (nSPS) is 14.1. The first-order valence-electron chi connectivity index (χ1n) is 7.32. The summed E-state index contributed by atoms with van der Waals surface area (Å²) in [5, 5.41) is 2.77. The Balaban J connectivity index is 1.58. The summed E-state index contributed by atoms with van der Waals surface area (Å²) >= 11 is 0. The molecule has 1 amide bonds. The summed E-state index contributed by atoms with van der Waals surface area (Å²) in [4.78, 5) is 22.7. The lowest BCUT2D eigenvalue weighted by molar-refractivity contribution is 0.0950. The summed E-state index contributed by atoms with van der Waals surface area (Å²) in [5.74, 6) is 0.144. The molecule has 1 aromatic carbocycles. The Hall–Kier alpha value is -2.50. The van der Waals surface area contributed by atoms with Gasteiger partial charge in [-0.3, -0.25) is 4.79 Å². The fraction of sp³-hybridized carbons (Fsp3) is 0.312. The predicted octanol–water partition coefficient (Wildman–Crippen LogP) is 2.15. The molecule has 0 radical (unpaired) electrons. The fourth-order valence-electron chi connectivity index (χ4n) is 2.41. The molecule has 114 valence electrons. The third-order valence-electron chi connectivity index (χ3n) is 3.66. The van der Waals surface area contributed by atoms with Gasteiger partial charge in [-0.15, -0.1) is 0 Å². The first-order chi connectivity index (χ1) is 10.7. The Kier molecular flexibility index (Phi) is 4.27. The Bertz CT molecular complexity index is 636. The molecule has 0 atom stereocenters. The molecule has 2 aromatic rings. The van der Waals surface area contributed by atoms with E-state index in [9.17, 15) is 9.18 Å². The highest BCUT2D eigenvalue weighted by Crippen LogP contribution is 2.14. The van der Waals surface area contributed by atoms with Crippen LogP contribution in [0.25, 0.3) is 0 Å². The average molecular weight is 300 g/mol. The summed E-state index contributed by atoms with van der Waals surface area (Å²) in [6.07, 6.45) is 5.40. The molecule has 0 unspecified atom stereocenters. The van der Waals surface area contributed by atoms with Crippen molar-refractivity contribution < 1.29 is 9.18 Å². The van der Waals surface area contributed by atoms with Crippen molar-refractivity contribution in [2.24, 2.45) is 0 Å². The van der Waals surface area contributed by atoms with Gasteiger partial charge in [-0.25, -0.2) is 14.4 Å². The number of aromatic nitrogens is 2. The van der Waals surface area contributed by atoms with E-state index in [2.05, 4.69) is 20.2 Å². The first kappa shape index (κ1) is 14.4. The molecular formula is C16H17FN4O. The van der Waals surface area contributed by atoms with Crippen molar-refractivity contribution in [3.63, 3.8) is 0 Å². The molecule has 5 nitrogen and oxygen atoms in total. The van der Waals surface area contributed by atoms with E-state index in [0.29, 0.717) is 18.1 Å². The molecule has 1 fully saturated rings. The lowest BCUT2D eigenvalue weighted by Gasteiger charge is -2.14. The largest absolute Gasteiger partial charge is 0.348 e. The van der Waals surface area contributed by atoms with Crippen LogP contribution in [-0.2, 0) is 6.54 Å². The molecule has 0 spiro atoms. The van der Waals surface area contributed by atoms with E-state index in [4.69, 9.17) is 0 Å². The standard InChI is InChI=1S/C16H17FN4O/c17-14-5-3-12(4-6-14)9-18-15(22)13-10-19-16(20-11-13)21-7-1-2-8-21/h3-6,10-11H,1-2,7-9H2,(H,18,22). The Labute approximate surface area is 128 Å². The van der Waals surface area contributed by atoms with Crippen LogP contribution in [0, 0.1) is 5.82 Å². The van der Waals surface area contributed by atoms with E-state index in [1.165, 1.54) is 12.1 Å². The minimum atomic E-state index is -0.291. The van der Waals surface area contributed by atoms with Crippen LogP contribution in [0.2, 0.25) is 0 Å². The van der Waals surface area contributed by atoms with Gasteiger partial charge in [0.25, 0.3) is 5.91 Å². The number of anilines is 1. The van der Waals surface area contributed by atoms with Crippen LogP contribution in [0.5, 0.6) is 0 Å². The van der Waals surface area contributed by atoms with E-state index in [-0.39, 0.29) is 11.7 Å². The van der Waals surface area contributed by atoms with Crippen molar-refractivity contribution in [2.45, 2.75) is 19.4 Å². The molecule has 1 aliphatic heterocycles. The smallest absolute Gasteiger partial charge is 0.254 e. The summed E-state index contributed by atoms with van der Waals surface area (Å²) in [5.41, 5.74) is 1.26. The monoisotopic (exact) mass is 300 g/mol. The van der Waals surface area contributed by atoms with Gasteiger partial charge in [0.15, 0.2) is 0 Å². The van der Waals surface area contributed by atoms with E-state index >= 15 is 0 Å². The van der Waals surface area contributed by atoms with Gasteiger partial charge < -0.3 is 10.2 Å². The number of nitrogens with zero attached hydrogens (tertiary/aromatic N) is 3. The van der Waals surface area contributed by atoms with Crippen LogP contribution in [0.1, 0.15) is 28.8 Å². The number of benzene rings is 1. The Morgan fingerprint density at radius 1 is 1.14 bits per heavy atom. The van der Waals surface area contributed by atoms with Crippen LogP contribution < -0.4 is 10.2 Å². The summed E-state index contributed by atoms with van der Waals surface area (Å²) in [6, 6.07) is 6.02. The summed E-state index contributed by atoms with van der Waals surface area (Å²) < 4.78 is 12.8. The van der Waals surface area contributed by atoms with Crippen LogP contribution >= 0.6 is 0 Å². The maximum absolute atomic E-state index is 12.8. The number of nitrogens with one attached hydrogen (secondary N) is 1. The average Bonchev–Trinajstić information content (AvgIpc) is 3.09. The number of carbonyl (C=O) groups is 1. The highest BCUT2D eigenvalue weighted by atomic mass is 19.1. The maximum atomic E-state index is 12.8. The molecular weight excluding hydrogens is 283 g/mol. The molecule has 3 rings (SSSR count). The van der Waals surface area contributed by atoms with Crippen molar-refractivity contribution in [1.82, 2.24) is 15.3 Å². The highest BCUT2D eigenvalue weighted by Gasteiger charge is 2.15. The van der Waals surface area contributed by atoms with Crippen LogP contribution in [0.3, 0.4) is 0 Å². The second-order valence-electron chi connectivity index (χ2n) is 5.28. The molecule has 1 aromatic heterocycles. The molecule has 2 heterocycles. The van der Waals surface area contributed by atoms with Crippen LogP contribution in [0.15, 0.2) is 36.7 Å². The van der Waals surface area contributed by atoms with E-state index in [0.717, 1.165) is 31.5 Å². The molecule has 6 heteroatoms. The van der Waals surface area contributed by atoms with Crippen LogP contribution in [0.4, 0.5) is 10.3 Å². The highest BCUT2D eigenvalue weighted by molar-refractivity contribution is 5.93. The topological polar surface area (TPSA) is 58.1 Å². The quantitative estimate of drug-likeness (QED) is 0.940. The molecule has 0 aliphatic carbocycles. The van der Waals surface area contributed by atoms with Gasteiger partial charge in [0.05, 0.1) is 5.56 Å². The van der Waals surface area contributed by atoms with E-state index < -0.39 is 0 Å². The number of hydrogen-bond acceptors (Lipinski definition) is 4.